The molecule has 32 heavy (non-hydrogen) atoms. The van der Waals surface area contributed by atoms with E-state index in [4.69, 9.17) is 13.8 Å². The van der Waals surface area contributed by atoms with E-state index in [0.717, 1.165) is 5.56 Å². The van der Waals surface area contributed by atoms with Crippen molar-refractivity contribution < 1.29 is 32.7 Å². The van der Waals surface area contributed by atoms with Crippen LogP contribution >= 0.6 is 7.75 Å². The van der Waals surface area contributed by atoms with Crippen molar-refractivity contribution >= 4 is 25.5 Å². The second-order valence-electron chi connectivity index (χ2n) is 8.21. The maximum absolute atomic E-state index is 13.1. The molecule has 1 aromatic rings. The van der Waals surface area contributed by atoms with Gasteiger partial charge in [0.2, 0.25) is 11.8 Å². The predicted octanol–water partition coefficient (Wildman–Crippen LogP) is 1.55. The zero-order valence-corrected chi connectivity index (χ0v) is 19.8. The molecule has 11 heteroatoms. The summed E-state index contributed by atoms with van der Waals surface area (Å²) >= 11 is 0. The molecule has 10 nitrogen and oxygen atoms in total. The molecule has 0 bridgehead atoms. The van der Waals surface area contributed by atoms with E-state index in [2.05, 4.69) is 15.7 Å². The van der Waals surface area contributed by atoms with Crippen molar-refractivity contribution in [1.82, 2.24) is 15.7 Å². The first-order chi connectivity index (χ1) is 15.1. The summed E-state index contributed by atoms with van der Waals surface area (Å²) in [6.07, 6.45) is -0.440. The summed E-state index contributed by atoms with van der Waals surface area (Å²) in [6.45, 7) is 5.21. The van der Waals surface area contributed by atoms with Crippen LogP contribution in [0.25, 0.3) is 0 Å². The summed E-state index contributed by atoms with van der Waals surface area (Å²) in [5.74, 6) is -1.34. The van der Waals surface area contributed by atoms with Crippen molar-refractivity contribution in [3.8, 4) is 0 Å². The molecule has 1 aliphatic rings. The topological polar surface area (TPSA) is 132 Å². The first kappa shape index (κ1) is 26.0. The lowest BCUT2D eigenvalue weighted by atomic mass is 9.87. The standard InChI is InChI=1S/C21H32N3O7P/c1-15(20(27)29-13-11-16-8-6-5-7-9-16)24-32(28)30-14-21(2,3)18(31-32)19(26)23-12-10-17(25)22-4/h5-9,15,18H,10-14H2,1-4H3,(H,22,25)(H,23,26)(H,24,28)/t15-,18+,32?/m1/s1. The molecule has 178 valence electrons. The number of hydrogen-bond acceptors (Lipinski definition) is 7. The number of nitrogens with one attached hydrogen (secondary N) is 3. The van der Waals surface area contributed by atoms with E-state index in [9.17, 15) is 18.9 Å². The van der Waals surface area contributed by atoms with E-state index in [1.54, 1.807) is 13.8 Å². The number of hydrogen-bond donors (Lipinski definition) is 3. The third kappa shape index (κ3) is 7.70. The molecular formula is C21H32N3O7P. The van der Waals surface area contributed by atoms with Gasteiger partial charge in [-0.15, -0.1) is 0 Å². The van der Waals surface area contributed by atoms with Gasteiger partial charge in [-0.25, -0.2) is 9.65 Å². The third-order valence-electron chi connectivity index (χ3n) is 4.91. The van der Waals surface area contributed by atoms with Gasteiger partial charge in [-0.3, -0.25) is 23.4 Å². The van der Waals surface area contributed by atoms with Crippen LogP contribution in [-0.2, 0) is 39.2 Å². The minimum atomic E-state index is -3.95. The SMILES string of the molecule is CNC(=O)CCNC(=O)[C@@H]1OP(=O)(N[C@H](C)C(=O)OCCc2ccccc2)OCC1(C)C. The zero-order chi connectivity index (χ0) is 23.8. The highest BCUT2D eigenvalue weighted by molar-refractivity contribution is 7.51. The highest BCUT2D eigenvalue weighted by Gasteiger charge is 2.48. The summed E-state index contributed by atoms with van der Waals surface area (Å²) in [4.78, 5) is 36.2. The second-order valence-corrected chi connectivity index (χ2v) is 9.94. The molecule has 0 spiro atoms. The lowest BCUT2D eigenvalue weighted by Gasteiger charge is -2.40. The summed E-state index contributed by atoms with van der Waals surface area (Å²) in [6, 6.07) is 8.59. The molecule has 2 rings (SSSR count). The van der Waals surface area contributed by atoms with Crippen molar-refractivity contribution in [1.29, 1.82) is 0 Å². The fraction of sp³-hybridized carbons (Fsp3) is 0.571. The summed E-state index contributed by atoms with van der Waals surface area (Å²) in [7, 11) is -2.45. The van der Waals surface area contributed by atoms with Crippen LogP contribution in [0.1, 0.15) is 32.8 Å². The molecule has 3 atom stereocenters. The molecule has 0 aromatic heterocycles. The predicted molar refractivity (Wildman–Crippen MR) is 118 cm³/mol. The van der Waals surface area contributed by atoms with E-state index in [1.165, 1.54) is 14.0 Å². The highest BCUT2D eigenvalue weighted by atomic mass is 31.2. The van der Waals surface area contributed by atoms with Gasteiger partial charge in [0.1, 0.15) is 6.04 Å². The Morgan fingerprint density at radius 3 is 2.59 bits per heavy atom. The highest BCUT2D eigenvalue weighted by Crippen LogP contribution is 2.53. The molecule has 3 N–H and O–H groups in total. The van der Waals surface area contributed by atoms with Crippen LogP contribution in [0.5, 0.6) is 0 Å². The Balaban J connectivity index is 1.89. The summed E-state index contributed by atoms with van der Waals surface area (Å²) in [5, 5.41) is 7.62. The Morgan fingerprint density at radius 1 is 1.25 bits per heavy atom. The fourth-order valence-electron chi connectivity index (χ4n) is 2.96. The van der Waals surface area contributed by atoms with Gasteiger partial charge in [-0.2, -0.15) is 0 Å². The zero-order valence-electron chi connectivity index (χ0n) is 18.9. The average Bonchev–Trinajstić information content (AvgIpc) is 2.76. The first-order valence-electron chi connectivity index (χ1n) is 10.5. The first-order valence-corrected chi connectivity index (χ1v) is 12.0. The van der Waals surface area contributed by atoms with Crippen molar-refractivity contribution in [3.63, 3.8) is 0 Å². The van der Waals surface area contributed by atoms with Gasteiger partial charge < -0.3 is 15.4 Å². The molecule has 0 aliphatic carbocycles. The van der Waals surface area contributed by atoms with E-state index in [1.807, 2.05) is 30.3 Å². The minimum Gasteiger partial charge on any atom is -0.464 e. The molecule has 1 heterocycles. The third-order valence-corrected chi connectivity index (χ3v) is 6.57. The Kier molecular flexibility index (Phi) is 9.39. The van der Waals surface area contributed by atoms with Gasteiger partial charge in [0.25, 0.3) is 0 Å². The number of ether oxygens (including phenoxy) is 1. The van der Waals surface area contributed by atoms with E-state index in [0.29, 0.717) is 6.42 Å². The van der Waals surface area contributed by atoms with Crippen LogP contribution in [0.3, 0.4) is 0 Å². The number of benzene rings is 1. The molecule has 0 saturated carbocycles. The largest absolute Gasteiger partial charge is 0.464 e. The van der Waals surface area contributed by atoms with E-state index >= 15 is 0 Å². The van der Waals surface area contributed by atoms with Gasteiger partial charge >= 0.3 is 13.7 Å². The van der Waals surface area contributed by atoms with Crippen molar-refractivity contribution in [3.05, 3.63) is 35.9 Å². The minimum absolute atomic E-state index is 0.0272. The van der Waals surface area contributed by atoms with Gasteiger partial charge in [-0.05, 0) is 12.5 Å². The molecule has 0 radical (unpaired) electrons. The van der Waals surface area contributed by atoms with Crippen LogP contribution in [-0.4, -0.2) is 56.7 Å². The number of amides is 2. The number of carbonyl (C=O) groups excluding carboxylic acids is 3. The molecule has 1 aromatic carbocycles. The Labute approximate surface area is 188 Å². The van der Waals surface area contributed by atoms with Crippen molar-refractivity contribution in [2.45, 2.75) is 45.8 Å². The van der Waals surface area contributed by atoms with Gasteiger partial charge in [0, 0.05) is 31.8 Å². The quantitative estimate of drug-likeness (QED) is 0.347. The Morgan fingerprint density at radius 2 is 1.94 bits per heavy atom. The Bertz CT molecular complexity index is 847. The van der Waals surface area contributed by atoms with E-state index in [-0.39, 0.29) is 32.1 Å². The lowest BCUT2D eigenvalue weighted by molar-refractivity contribution is -0.145. The molecule has 1 saturated heterocycles. The average molecular weight is 469 g/mol. The summed E-state index contributed by atoms with van der Waals surface area (Å²) < 4.78 is 29.2. The number of carbonyl (C=O) groups is 3. The molecule has 1 fully saturated rings. The van der Waals surface area contributed by atoms with Crippen molar-refractivity contribution in [2.24, 2.45) is 5.41 Å². The van der Waals surface area contributed by atoms with Crippen LogP contribution in [0.4, 0.5) is 0 Å². The van der Waals surface area contributed by atoms with Crippen LogP contribution < -0.4 is 15.7 Å². The van der Waals surface area contributed by atoms with E-state index < -0.39 is 37.2 Å². The van der Waals surface area contributed by atoms with Gasteiger partial charge in [-0.1, -0.05) is 44.2 Å². The lowest BCUT2D eigenvalue weighted by Crippen LogP contribution is -2.51. The second kappa shape index (κ2) is 11.6. The van der Waals surface area contributed by atoms with Crippen LogP contribution in [0.15, 0.2) is 30.3 Å². The molecular weight excluding hydrogens is 437 g/mol. The number of esters is 1. The summed E-state index contributed by atoms with van der Waals surface area (Å²) in [5.41, 5.74) is 0.256. The normalized spacial score (nSPS) is 23.1. The van der Waals surface area contributed by atoms with Gasteiger partial charge in [0.05, 0.1) is 13.2 Å². The molecule has 2 amide bonds. The van der Waals surface area contributed by atoms with Crippen LogP contribution in [0, 0.1) is 5.41 Å². The maximum Gasteiger partial charge on any atom is 0.407 e. The van der Waals surface area contributed by atoms with Gasteiger partial charge in [0.15, 0.2) is 6.10 Å². The maximum atomic E-state index is 13.1. The molecule has 1 aliphatic heterocycles. The number of rotatable bonds is 10. The fourth-order valence-corrected chi connectivity index (χ4v) is 4.89. The molecule has 1 unspecified atom stereocenters. The monoisotopic (exact) mass is 469 g/mol. The Hall–Kier alpha value is -2.26. The smallest absolute Gasteiger partial charge is 0.407 e. The van der Waals surface area contributed by atoms with Crippen LogP contribution in [0.2, 0.25) is 0 Å². The van der Waals surface area contributed by atoms with Crippen molar-refractivity contribution in [2.75, 3.05) is 26.8 Å².